The normalized spacial score (nSPS) is 10.2. The SMILES string of the molecule is O=C(NCc1ccc(F)cc1)c1ccoc1Br. The van der Waals surface area contributed by atoms with Gasteiger partial charge in [0.2, 0.25) is 0 Å². The molecule has 0 aliphatic rings. The Morgan fingerprint density at radius 2 is 2.00 bits per heavy atom. The van der Waals surface area contributed by atoms with Crippen LogP contribution in [0, 0.1) is 5.82 Å². The summed E-state index contributed by atoms with van der Waals surface area (Å²) < 4.78 is 18.0. The zero-order chi connectivity index (χ0) is 12.3. The summed E-state index contributed by atoms with van der Waals surface area (Å²) in [6.45, 7) is 0.344. The number of carbonyl (C=O) groups excluding carboxylic acids is 1. The number of amides is 1. The summed E-state index contributed by atoms with van der Waals surface area (Å²) in [6, 6.07) is 7.54. The van der Waals surface area contributed by atoms with E-state index in [4.69, 9.17) is 4.42 Å². The molecule has 1 N–H and O–H groups in total. The van der Waals surface area contributed by atoms with Gasteiger partial charge in [0.05, 0.1) is 11.8 Å². The van der Waals surface area contributed by atoms with E-state index in [1.807, 2.05) is 0 Å². The van der Waals surface area contributed by atoms with E-state index in [1.165, 1.54) is 18.4 Å². The monoisotopic (exact) mass is 297 g/mol. The molecule has 2 aromatic rings. The minimum absolute atomic E-state index is 0.241. The third-order valence-corrected chi connectivity index (χ3v) is 2.84. The van der Waals surface area contributed by atoms with Gasteiger partial charge >= 0.3 is 0 Å². The molecule has 1 heterocycles. The quantitative estimate of drug-likeness (QED) is 0.946. The lowest BCUT2D eigenvalue weighted by Crippen LogP contribution is -2.22. The molecule has 5 heteroatoms. The number of furan rings is 1. The van der Waals surface area contributed by atoms with Gasteiger partial charge in [-0.1, -0.05) is 12.1 Å². The average Bonchev–Trinajstić information content (AvgIpc) is 2.74. The highest BCUT2D eigenvalue weighted by molar-refractivity contribution is 9.10. The summed E-state index contributed by atoms with van der Waals surface area (Å²) in [6.07, 6.45) is 1.43. The van der Waals surface area contributed by atoms with Crippen LogP contribution in [0.3, 0.4) is 0 Å². The predicted molar refractivity (Wildman–Crippen MR) is 64.0 cm³/mol. The molecule has 0 atom stereocenters. The van der Waals surface area contributed by atoms with Gasteiger partial charge in [-0.3, -0.25) is 4.79 Å². The molecule has 0 fully saturated rings. The zero-order valence-electron chi connectivity index (χ0n) is 8.74. The van der Waals surface area contributed by atoms with Crippen LogP contribution in [0.25, 0.3) is 0 Å². The molecule has 1 amide bonds. The van der Waals surface area contributed by atoms with Crippen LogP contribution >= 0.6 is 15.9 Å². The lowest BCUT2D eigenvalue weighted by atomic mass is 10.2. The first-order chi connectivity index (χ1) is 8.16. The highest BCUT2D eigenvalue weighted by Crippen LogP contribution is 2.17. The summed E-state index contributed by atoms with van der Waals surface area (Å²) in [4.78, 5) is 11.7. The van der Waals surface area contributed by atoms with Crippen LogP contribution in [0.15, 0.2) is 45.7 Å². The molecule has 88 valence electrons. The van der Waals surface area contributed by atoms with Crippen molar-refractivity contribution in [3.05, 3.63) is 58.2 Å². The topological polar surface area (TPSA) is 42.2 Å². The lowest BCUT2D eigenvalue weighted by molar-refractivity contribution is 0.0949. The predicted octanol–water partition coefficient (Wildman–Crippen LogP) is 3.11. The fourth-order valence-electron chi connectivity index (χ4n) is 1.34. The van der Waals surface area contributed by atoms with Crippen molar-refractivity contribution >= 4 is 21.8 Å². The maximum atomic E-state index is 12.7. The molecule has 17 heavy (non-hydrogen) atoms. The number of nitrogens with one attached hydrogen (secondary N) is 1. The summed E-state index contributed by atoms with van der Waals surface area (Å²) in [5.41, 5.74) is 1.27. The molecule has 0 aliphatic heterocycles. The largest absolute Gasteiger partial charge is 0.457 e. The van der Waals surface area contributed by atoms with Gasteiger partial charge in [-0.05, 0) is 39.7 Å². The van der Waals surface area contributed by atoms with Gasteiger partial charge in [-0.15, -0.1) is 0 Å². The van der Waals surface area contributed by atoms with Crippen molar-refractivity contribution in [1.82, 2.24) is 5.32 Å². The average molecular weight is 298 g/mol. The Morgan fingerprint density at radius 1 is 1.29 bits per heavy atom. The summed E-state index contributed by atoms with van der Waals surface area (Å²) in [5, 5.41) is 2.71. The molecule has 0 spiro atoms. The molecule has 3 nitrogen and oxygen atoms in total. The van der Waals surface area contributed by atoms with Crippen molar-refractivity contribution in [2.45, 2.75) is 6.54 Å². The lowest BCUT2D eigenvalue weighted by Gasteiger charge is -2.03. The van der Waals surface area contributed by atoms with Gasteiger partial charge < -0.3 is 9.73 Å². The summed E-state index contributed by atoms with van der Waals surface area (Å²) in [5.74, 6) is -0.535. The van der Waals surface area contributed by atoms with Crippen LogP contribution in [-0.4, -0.2) is 5.91 Å². The Morgan fingerprint density at radius 3 is 2.59 bits per heavy atom. The third-order valence-electron chi connectivity index (χ3n) is 2.23. The van der Waals surface area contributed by atoms with E-state index in [9.17, 15) is 9.18 Å². The smallest absolute Gasteiger partial charge is 0.256 e. The van der Waals surface area contributed by atoms with E-state index in [2.05, 4.69) is 21.2 Å². The van der Waals surface area contributed by atoms with Crippen LogP contribution < -0.4 is 5.32 Å². The molecule has 0 saturated heterocycles. The Hall–Kier alpha value is -1.62. The van der Waals surface area contributed by atoms with Crippen molar-refractivity contribution in [1.29, 1.82) is 0 Å². The number of rotatable bonds is 3. The fraction of sp³-hybridized carbons (Fsp3) is 0.0833. The van der Waals surface area contributed by atoms with Crippen molar-refractivity contribution < 1.29 is 13.6 Å². The second-order valence-corrected chi connectivity index (χ2v) is 4.14. The van der Waals surface area contributed by atoms with E-state index in [-0.39, 0.29) is 11.7 Å². The van der Waals surface area contributed by atoms with Gasteiger partial charge in [0.25, 0.3) is 5.91 Å². The van der Waals surface area contributed by atoms with E-state index < -0.39 is 0 Å². The number of hydrogen-bond acceptors (Lipinski definition) is 2. The maximum absolute atomic E-state index is 12.7. The van der Waals surface area contributed by atoms with Crippen LogP contribution in [0.2, 0.25) is 0 Å². The maximum Gasteiger partial charge on any atom is 0.256 e. The third kappa shape index (κ3) is 2.94. The van der Waals surface area contributed by atoms with Gasteiger partial charge in [-0.2, -0.15) is 0 Å². The van der Waals surface area contributed by atoms with Crippen LogP contribution in [0.4, 0.5) is 4.39 Å². The highest BCUT2D eigenvalue weighted by Gasteiger charge is 2.11. The first-order valence-corrected chi connectivity index (χ1v) is 5.72. The summed E-state index contributed by atoms with van der Waals surface area (Å²) in [7, 11) is 0. The van der Waals surface area contributed by atoms with Crippen LogP contribution in [-0.2, 0) is 6.54 Å². The van der Waals surface area contributed by atoms with E-state index in [0.29, 0.717) is 16.8 Å². The fourth-order valence-corrected chi connectivity index (χ4v) is 1.76. The van der Waals surface area contributed by atoms with Crippen molar-refractivity contribution in [2.75, 3.05) is 0 Å². The first-order valence-electron chi connectivity index (χ1n) is 4.92. The molecule has 0 bridgehead atoms. The van der Waals surface area contributed by atoms with E-state index in [0.717, 1.165) is 5.56 Å². The number of benzene rings is 1. The Bertz CT molecular complexity index is 522. The van der Waals surface area contributed by atoms with Crippen molar-refractivity contribution in [3.63, 3.8) is 0 Å². The van der Waals surface area contributed by atoms with Crippen LogP contribution in [0.1, 0.15) is 15.9 Å². The molecule has 0 radical (unpaired) electrons. The van der Waals surface area contributed by atoms with Crippen molar-refractivity contribution in [3.8, 4) is 0 Å². The Balaban J connectivity index is 1.97. The second-order valence-electron chi connectivity index (χ2n) is 3.42. The molecule has 0 aliphatic carbocycles. The van der Waals surface area contributed by atoms with Gasteiger partial charge in [0, 0.05) is 6.54 Å². The molecule has 1 aromatic heterocycles. The Labute approximate surface area is 106 Å². The molecular weight excluding hydrogens is 289 g/mol. The molecular formula is C12H9BrFNO2. The van der Waals surface area contributed by atoms with Gasteiger partial charge in [0.1, 0.15) is 5.82 Å². The minimum atomic E-state index is -0.294. The van der Waals surface area contributed by atoms with E-state index in [1.54, 1.807) is 18.2 Å². The number of hydrogen-bond donors (Lipinski definition) is 1. The standard InChI is InChI=1S/C12H9BrFNO2/c13-11-10(5-6-17-11)12(16)15-7-8-1-3-9(14)4-2-8/h1-6H,7H2,(H,15,16). The molecule has 1 aromatic carbocycles. The molecule has 0 unspecified atom stereocenters. The molecule has 0 saturated carbocycles. The van der Waals surface area contributed by atoms with E-state index >= 15 is 0 Å². The minimum Gasteiger partial charge on any atom is -0.457 e. The number of halogens is 2. The van der Waals surface area contributed by atoms with Gasteiger partial charge in [0.15, 0.2) is 4.67 Å². The first kappa shape index (κ1) is 11.9. The second kappa shape index (κ2) is 5.14. The number of carbonyl (C=O) groups is 1. The van der Waals surface area contributed by atoms with Crippen molar-refractivity contribution in [2.24, 2.45) is 0 Å². The highest BCUT2D eigenvalue weighted by atomic mass is 79.9. The Kier molecular flexibility index (Phi) is 3.58. The van der Waals surface area contributed by atoms with Gasteiger partial charge in [-0.25, -0.2) is 4.39 Å². The summed E-state index contributed by atoms with van der Waals surface area (Å²) >= 11 is 3.13. The molecule has 2 rings (SSSR count). The van der Waals surface area contributed by atoms with Crippen LogP contribution in [0.5, 0.6) is 0 Å². The zero-order valence-corrected chi connectivity index (χ0v) is 10.3.